The van der Waals surface area contributed by atoms with E-state index in [0.29, 0.717) is 12.0 Å². The van der Waals surface area contributed by atoms with Crippen LogP contribution in [0.25, 0.3) is 0 Å². The van der Waals surface area contributed by atoms with E-state index in [1.54, 1.807) is 32.0 Å². The first kappa shape index (κ1) is 17.2. The van der Waals surface area contributed by atoms with E-state index in [4.69, 9.17) is 5.73 Å². The Morgan fingerprint density at radius 1 is 1.09 bits per heavy atom. The van der Waals surface area contributed by atoms with Gasteiger partial charge in [-0.15, -0.1) is 0 Å². The number of hydrogen-bond donors (Lipinski definition) is 2. The second kappa shape index (κ2) is 7.88. The Morgan fingerprint density at radius 3 is 2.30 bits per heavy atom. The van der Waals surface area contributed by atoms with Crippen LogP contribution >= 0.6 is 0 Å². The molecule has 2 aromatic carbocycles. The van der Waals surface area contributed by atoms with Gasteiger partial charge in [-0.25, -0.2) is 4.39 Å². The SMILES string of the molecule is CC(N)C(C)C(=O)NC(Cc1ccccc1)c1ccccc1F. The Balaban J connectivity index is 2.25. The lowest BCUT2D eigenvalue weighted by atomic mass is 9.96. The number of nitrogens with two attached hydrogens (primary N) is 1. The van der Waals surface area contributed by atoms with Gasteiger partial charge in [-0.2, -0.15) is 0 Å². The monoisotopic (exact) mass is 314 g/mol. The van der Waals surface area contributed by atoms with E-state index >= 15 is 0 Å². The molecule has 0 aliphatic rings. The minimum Gasteiger partial charge on any atom is -0.349 e. The largest absolute Gasteiger partial charge is 0.349 e. The Morgan fingerprint density at radius 2 is 1.70 bits per heavy atom. The van der Waals surface area contributed by atoms with Crippen molar-refractivity contribution in [1.82, 2.24) is 5.32 Å². The van der Waals surface area contributed by atoms with Crippen LogP contribution in [0.5, 0.6) is 0 Å². The van der Waals surface area contributed by atoms with Gasteiger partial charge in [0.1, 0.15) is 5.82 Å². The lowest BCUT2D eigenvalue weighted by Gasteiger charge is -2.23. The molecule has 0 radical (unpaired) electrons. The summed E-state index contributed by atoms with van der Waals surface area (Å²) in [6.07, 6.45) is 0.527. The fourth-order valence-corrected chi connectivity index (χ4v) is 2.39. The third-order valence-corrected chi connectivity index (χ3v) is 4.08. The van der Waals surface area contributed by atoms with Crippen LogP contribution in [0.2, 0.25) is 0 Å². The van der Waals surface area contributed by atoms with Crippen molar-refractivity contribution in [3.63, 3.8) is 0 Å². The summed E-state index contributed by atoms with van der Waals surface area (Å²) in [5.41, 5.74) is 7.32. The molecule has 0 aliphatic heterocycles. The molecule has 0 aromatic heterocycles. The van der Waals surface area contributed by atoms with E-state index in [1.807, 2.05) is 30.3 Å². The van der Waals surface area contributed by atoms with Gasteiger partial charge in [0.15, 0.2) is 0 Å². The van der Waals surface area contributed by atoms with Gasteiger partial charge in [-0.05, 0) is 25.0 Å². The molecule has 0 saturated carbocycles. The summed E-state index contributed by atoms with van der Waals surface area (Å²) in [4.78, 5) is 12.4. The number of amides is 1. The summed E-state index contributed by atoms with van der Waals surface area (Å²) in [5.74, 6) is -0.814. The standard InChI is InChI=1S/C19H23FN2O/c1-13(14(2)21)19(23)22-18(12-15-8-4-3-5-9-15)16-10-6-7-11-17(16)20/h3-11,13-14,18H,12,21H2,1-2H3,(H,22,23). The van der Waals surface area contributed by atoms with Gasteiger partial charge in [-0.1, -0.05) is 55.5 Å². The minimum absolute atomic E-state index is 0.163. The summed E-state index contributed by atoms with van der Waals surface area (Å²) in [6, 6.07) is 15.6. The van der Waals surface area contributed by atoms with Crippen molar-refractivity contribution in [3.05, 3.63) is 71.5 Å². The van der Waals surface area contributed by atoms with Crippen molar-refractivity contribution in [2.75, 3.05) is 0 Å². The highest BCUT2D eigenvalue weighted by Gasteiger charge is 2.23. The van der Waals surface area contributed by atoms with E-state index in [2.05, 4.69) is 5.32 Å². The van der Waals surface area contributed by atoms with Crippen molar-refractivity contribution >= 4 is 5.91 Å². The highest BCUT2D eigenvalue weighted by molar-refractivity contribution is 5.79. The highest BCUT2D eigenvalue weighted by Crippen LogP contribution is 2.22. The first-order chi connectivity index (χ1) is 11.0. The summed E-state index contributed by atoms with van der Waals surface area (Å²) in [6.45, 7) is 3.57. The first-order valence-electron chi connectivity index (χ1n) is 7.83. The number of rotatable bonds is 6. The number of nitrogens with one attached hydrogen (secondary N) is 1. The second-order valence-electron chi connectivity index (χ2n) is 5.92. The van der Waals surface area contributed by atoms with Crippen LogP contribution in [0.15, 0.2) is 54.6 Å². The second-order valence-corrected chi connectivity index (χ2v) is 5.92. The number of carbonyl (C=O) groups is 1. The maximum Gasteiger partial charge on any atom is 0.224 e. The van der Waals surface area contributed by atoms with E-state index in [1.165, 1.54) is 6.07 Å². The number of hydrogen-bond acceptors (Lipinski definition) is 2. The van der Waals surface area contributed by atoms with E-state index in [9.17, 15) is 9.18 Å². The zero-order valence-corrected chi connectivity index (χ0v) is 13.5. The molecule has 3 N–H and O–H groups in total. The number of benzene rings is 2. The van der Waals surface area contributed by atoms with Crippen LogP contribution in [0.1, 0.15) is 31.0 Å². The molecule has 23 heavy (non-hydrogen) atoms. The molecule has 3 atom stereocenters. The maximum atomic E-state index is 14.2. The predicted octanol–water partition coefficient (Wildman–Crippen LogP) is 3.21. The molecule has 0 heterocycles. The smallest absolute Gasteiger partial charge is 0.224 e. The molecule has 0 fully saturated rings. The lowest BCUT2D eigenvalue weighted by molar-refractivity contribution is -0.125. The highest BCUT2D eigenvalue weighted by atomic mass is 19.1. The molecule has 0 saturated heterocycles. The van der Waals surface area contributed by atoms with Gasteiger partial charge >= 0.3 is 0 Å². The van der Waals surface area contributed by atoms with E-state index < -0.39 is 6.04 Å². The molecule has 3 nitrogen and oxygen atoms in total. The quantitative estimate of drug-likeness (QED) is 0.860. The third kappa shape index (κ3) is 4.63. The average molecular weight is 314 g/mol. The molecule has 2 rings (SSSR count). The molecule has 122 valence electrons. The first-order valence-corrected chi connectivity index (χ1v) is 7.83. The van der Waals surface area contributed by atoms with Crippen LogP contribution < -0.4 is 11.1 Å². The van der Waals surface area contributed by atoms with Crippen molar-refractivity contribution in [2.24, 2.45) is 11.7 Å². The van der Waals surface area contributed by atoms with Gasteiger partial charge in [0.25, 0.3) is 0 Å². The van der Waals surface area contributed by atoms with Crippen LogP contribution in [-0.4, -0.2) is 11.9 Å². The molecular formula is C19H23FN2O. The Hall–Kier alpha value is -2.20. The average Bonchev–Trinajstić information content (AvgIpc) is 2.54. The molecule has 0 spiro atoms. The summed E-state index contributed by atoms with van der Waals surface area (Å²) < 4.78 is 14.2. The molecule has 0 bridgehead atoms. The molecule has 4 heteroatoms. The minimum atomic E-state index is -0.424. The van der Waals surface area contributed by atoms with Gasteiger partial charge in [-0.3, -0.25) is 4.79 Å². The maximum absolute atomic E-state index is 14.2. The zero-order chi connectivity index (χ0) is 16.8. The third-order valence-electron chi connectivity index (χ3n) is 4.08. The van der Waals surface area contributed by atoms with Crippen molar-refractivity contribution in [1.29, 1.82) is 0 Å². The normalized spacial score (nSPS) is 14.8. The molecule has 0 aliphatic carbocycles. The summed E-state index contributed by atoms with van der Waals surface area (Å²) >= 11 is 0. The van der Waals surface area contributed by atoms with Crippen LogP contribution in [0, 0.1) is 11.7 Å². The van der Waals surface area contributed by atoms with Gasteiger partial charge < -0.3 is 11.1 Å². The van der Waals surface area contributed by atoms with Gasteiger partial charge in [0, 0.05) is 17.5 Å². The van der Waals surface area contributed by atoms with Gasteiger partial charge in [0.2, 0.25) is 5.91 Å². The Bertz CT molecular complexity index is 643. The Labute approximate surface area is 136 Å². The summed E-state index contributed by atoms with van der Waals surface area (Å²) in [5, 5.41) is 2.94. The number of halogens is 1. The predicted molar refractivity (Wildman–Crippen MR) is 90.2 cm³/mol. The van der Waals surface area contributed by atoms with E-state index in [0.717, 1.165) is 5.56 Å². The Kier molecular flexibility index (Phi) is 5.88. The topological polar surface area (TPSA) is 55.1 Å². The lowest BCUT2D eigenvalue weighted by Crippen LogP contribution is -2.41. The van der Waals surface area contributed by atoms with Crippen molar-refractivity contribution < 1.29 is 9.18 Å². The molecular weight excluding hydrogens is 291 g/mol. The van der Waals surface area contributed by atoms with E-state index in [-0.39, 0.29) is 23.7 Å². The van der Waals surface area contributed by atoms with Gasteiger partial charge in [0.05, 0.1) is 6.04 Å². The van der Waals surface area contributed by atoms with Crippen LogP contribution in [0.4, 0.5) is 4.39 Å². The molecule has 3 unspecified atom stereocenters. The molecule has 2 aromatic rings. The fourth-order valence-electron chi connectivity index (χ4n) is 2.39. The fraction of sp³-hybridized carbons (Fsp3) is 0.316. The number of carbonyl (C=O) groups excluding carboxylic acids is 1. The van der Waals surface area contributed by atoms with Crippen LogP contribution in [-0.2, 0) is 11.2 Å². The summed E-state index contributed by atoms with van der Waals surface area (Å²) in [7, 11) is 0. The zero-order valence-electron chi connectivity index (χ0n) is 13.5. The van der Waals surface area contributed by atoms with Crippen LogP contribution in [0.3, 0.4) is 0 Å². The van der Waals surface area contributed by atoms with Crippen molar-refractivity contribution in [3.8, 4) is 0 Å². The molecule has 1 amide bonds. The van der Waals surface area contributed by atoms with Crippen molar-refractivity contribution in [2.45, 2.75) is 32.4 Å².